The lowest BCUT2D eigenvalue weighted by Crippen LogP contribution is -2.46. The van der Waals surface area contributed by atoms with Gasteiger partial charge < -0.3 is 9.64 Å². The maximum absolute atomic E-state index is 11.9. The number of aryl methyl sites for hydroxylation is 1. The molecule has 1 fully saturated rings. The van der Waals surface area contributed by atoms with Gasteiger partial charge in [0, 0.05) is 31.1 Å². The zero-order valence-corrected chi connectivity index (χ0v) is 13.4. The van der Waals surface area contributed by atoms with Crippen molar-refractivity contribution >= 4 is 17.3 Å². The average Bonchev–Trinajstić information content (AvgIpc) is 2.84. The maximum Gasteiger partial charge on any atom is 0.307 e. The molecule has 1 saturated heterocycles. The molecule has 0 spiro atoms. The monoisotopic (exact) mass is 296 g/mol. The summed E-state index contributed by atoms with van der Waals surface area (Å²) in [6, 6.07) is 2.30. The summed E-state index contributed by atoms with van der Waals surface area (Å²) in [6.45, 7) is 8.58. The van der Waals surface area contributed by atoms with Crippen molar-refractivity contribution in [2.75, 3.05) is 39.8 Å². The predicted octanol–water partition coefficient (Wildman–Crippen LogP) is 2.30. The number of likely N-dealkylation sites (N-methyl/N-ethyl adjacent to an activating group) is 1. The van der Waals surface area contributed by atoms with Crippen LogP contribution in [0.2, 0.25) is 0 Å². The number of piperazine rings is 1. The molecule has 4 nitrogen and oxygen atoms in total. The molecule has 0 bridgehead atoms. The van der Waals surface area contributed by atoms with Crippen molar-refractivity contribution in [2.24, 2.45) is 0 Å². The largest absolute Gasteiger partial charge is 0.466 e. The maximum atomic E-state index is 11.9. The van der Waals surface area contributed by atoms with Crippen LogP contribution in [0.1, 0.15) is 29.8 Å². The van der Waals surface area contributed by atoms with Crippen molar-refractivity contribution < 1.29 is 9.53 Å². The van der Waals surface area contributed by atoms with Crippen molar-refractivity contribution in [1.82, 2.24) is 9.80 Å². The Balaban J connectivity index is 2.12. The van der Waals surface area contributed by atoms with E-state index in [2.05, 4.69) is 35.2 Å². The van der Waals surface area contributed by atoms with Gasteiger partial charge in [0.05, 0.1) is 19.1 Å². The number of rotatable bonds is 5. The average molecular weight is 296 g/mol. The van der Waals surface area contributed by atoms with Crippen LogP contribution < -0.4 is 0 Å². The summed E-state index contributed by atoms with van der Waals surface area (Å²) in [5.74, 6) is -0.0933. The summed E-state index contributed by atoms with van der Waals surface area (Å²) in [5.41, 5.74) is 1.28. The fourth-order valence-corrected chi connectivity index (χ4v) is 3.69. The molecule has 2 rings (SSSR count). The minimum Gasteiger partial charge on any atom is -0.466 e. The SMILES string of the molecule is CCOC(=O)CC(c1sccc1C)N1CCN(C)CC1. The highest BCUT2D eigenvalue weighted by Crippen LogP contribution is 2.32. The van der Waals surface area contributed by atoms with Gasteiger partial charge in [0.1, 0.15) is 0 Å². The summed E-state index contributed by atoms with van der Waals surface area (Å²) in [4.78, 5) is 18.0. The molecule has 20 heavy (non-hydrogen) atoms. The second kappa shape index (κ2) is 7.20. The number of carbonyl (C=O) groups excluding carboxylic acids is 1. The van der Waals surface area contributed by atoms with Crippen LogP contribution >= 0.6 is 11.3 Å². The van der Waals surface area contributed by atoms with E-state index in [-0.39, 0.29) is 12.0 Å². The van der Waals surface area contributed by atoms with E-state index >= 15 is 0 Å². The first-order valence-electron chi connectivity index (χ1n) is 7.24. The van der Waals surface area contributed by atoms with E-state index in [0.717, 1.165) is 26.2 Å². The van der Waals surface area contributed by atoms with Gasteiger partial charge in [-0.25, -0.2) is 0 Å². The molecule has 1 aromatic rings. The van der Waals surface area contributed by atoms with Crippen LogP contribution in [0.25, 0.3) is 0 Å². The Morgan fingerprint density at radius 3 is 2.65 bits per heavy atom. The Hall–Kier alpha value is -0.910. The molecule has 0 saturated carbocycles. The Kier molecular flexibility index (Phi) is 5.57. The van der Waals surface area contributed by atoms with Gasteiger partial charge in [-0.2, -0.15) is 0 Å². The van der Waals surface area contributed by atoms with Crippen LogP contribution in [0.5, 0.6) is 0 Å². The third-order valence-corrected chi connectivity index (χ3v) is 4.97. The summed E-state index contributed by atoms with van der Waals surface area (Å²) < 4.78 is 5.15. The zero-order valence-electron chi connectivity index (χ0n) is 12.6. The van der Waals surface area contributed by atoms with Crippen molar-refractivity contribution in [3.63, 3.8) is 0 Å². The topological polar surface area (TPSA) is 32.8 Å². The highest BCUT2D eigenvalue weighted by molar-refractivity contribution is 7.10. The van der Waals surface area contributed by atoms with Crippen molar-refractivity contribution in [3.05, 3.63) is 21.9 Å². The second-order valence-electron chi connectivity index (χ2n) is 5.33. The highest BCUT2D eigenvalue weighted by Gasteiger charge is 2.28. The molecule has 1 unspecified atom stereocenters. The lowest BCUT2D eigenvalue weighted by molar-refractivity contribution is -0.144. The number of carbonyl (C=O) groups is 1. The number of ether oxygens (including phenoxy) is 1. The third kappa shape index (κ3) is 3.81. The van der Waals surface area contributed by atoms with Gasteiger partial charge in [-0.05, 0) is 37.9 Å². The van der Waals surface area contributed by atoms with Gasteiger partial charge in [0.15, 0.2) is 0 Å². The molecular weight excluding hydrogens is 272 g/mol. The van der Waals surface area contributed by atoms with E-state index in [1.807, 2.05) is 6.92 Å². The molecule has 1 aliphatic heterocycles. The number of esters is 1. The third-order valence-electron chi connectivity index (χ3n) is 3.85. The molecule has 1 aromatic heterocycles. The predicted molar refractivity (Wildman–Crippen MR) is 82.1 cm³/mol. The van der Waals surface area contributed by atoms with Crippen LogP contribution in [0.15, 0.2) is 11.4 Å². The van der Waals surface area contributed by atoms with Crippen LogP contribution in [0, 0.1) is 6.92 Å². The quantitative estimate of drug-likeness (QED) is 0.781. The first-order valence-corrected chi connectivity index (χ1v) is 8.12. The van der Waals surface area contributed by atoms with E-state index < -0.39 is 0 Å². The molecule has 0 N–H and O–H groups in total. The van der Waals surface area contributed by atoms with Gasteiger partial charge in [-0.15, -0.1) is 11.3 Å². The van der Waals surface area contributed by atoms with E-state index in [9.17, 15) is 4.79 Å². The molecular formula is C15H24N2O2S. The normalized spacial score (nSPS) is 18.9. The Bertz CT molecular complexity index is 439. The van der Waals surface area contributed by atoms with Crippen LogP contribution in [0.3, 0.4) is 0 Å². The Labute approximate surface area is 125 Å². The lowest BCUT2D eigenvalue weighted by Gasteiger charge is -2.37. The van der Waals surface area contributed by atoms with Gasteiger partial charge >= 0.3 is 5.97 Å². The standard InChI is InChI=1S/C15H24N2O2S/c1-4-19-14(18)11-13(15-12(2)5-10-20-15)17-8-6-16(3)7-9-17/h5,10,13H,4,6-9,11H2,1-3H3. The van der Waals surface area contributed by atoms with Crippen molar-refractivity contribution in [2.45, 2.75) is 26.3 Å². The molecule has 1 atom stereocenters. The fraction of sp³-hybridized carbons (Fsp3) is 0.667. The second-order valence-corrected chi connectivity index (χ2v) is 6.28. The molecule has 1 aliphatic rings. The number of hydrogen-bond acceptors (Lipinski definition) is 5. The molecule has 0 radical (unpaired) electrons. The van der Waals surface area contributed by atoms with Crippen molar-refractivity contribution in [1.29, 1.82) is 0 Å². The molecule has 112 valence electrons. The van der Waals surface area contributed by atoms with E-state index in [1.165, 1.54) is 10.4 Å². The Morgan fingerprint density at radius 2 is 2.10 bits per heavy atom. The molecule has 2 heterocycles. The van der Waals surface area contributed by atoms with Crippen LogP contribution in [0.4, 0.5) is 0 Å². The van der Waals surface area contributed by atoms with E-state index in [1.54, 1.807) is 11.3 Å². The van der Waals surface area contributed by atoms with Gasteiger partial charge in [-0.3, -0.25) is 9.69 Å². The first-order chi connectivity index (χ1) is 9.61. The van der Waals surface area contributed by atoms with Crippen LogP contribution in [-0.2, 0) is 9.53 Å². The summed E-state index contributed by atoms with van der Waals surface area (Å²) in [7, 11) is 2.15. The first kappa shape index (κ1) is 15.5. The fourth-order valence-electron chi connectivity index (χ4n) is 2.62. The molecule has 0 aliphatic carbocycles. The summed E-state index contributed by atoms with van der Waals surface area (Å²) >= 11 is 1.75. The van der Waals surface area contributed by atoms with E-state index in [4.69, 9.17) is 4.74 Å². The zero-order chi connectivity index (χ0) is 14.5. The molecule has 0 aromatic carbocycles. The molecule has 5 heteroatoms. The number of hydrogen-bond donors (Lipinski definition) is 0. The number of thiophene rings is 1. The lowest BCUT2D eigenvalue weighted by atomic mass is 10.1. The number of nitrogens with zero attached hydrogens (tertiary/aromatic N) is 2. The summed E-state index contributed by atoms with van der Waals surface area (Å²) in [5, 5.41) is 2.11. The van der Waals surface area contributed by atoms with Gasteiger partial charge in [0.25, 0.3) is 0 Å². The Morgan fingerprint density at radius 1 is 1.40 bits per heavy atom. The van der Waals surface area contributed by atoms with Gasteiger partial charge in [0.2, 0.25) is 0 Å². The minimum absolute atomic E-state index is 0.0933. The smallest absolute Gasteiger partial charge is 0.307 e. The minimum atomic E-state index is -0.0933. The van der Waals surface area contributed by atoms with Gasteiger partial charge in [-0.1, -0.05) is 0 Å². The van der Waals surface area contributed by atoms with Crippen molar-refractivity contribution in [3.8, 4) is 0 Å². The molecule has 0 amide bonds. The summed E-state index contributed by atoms with van der Waals surface area (Å²) in [6.07, 6.45) is 0.457. The highest BCUT2D eigenvalue weighted by atomic mass is 32.1. The van der Waals surface area contributed by atoms with Crippen LogP contribution in [-0.4, -0.2) is 55.6 Å². The van der Waals surface area contributed by atoms with E-state index in [0.29, 0.717) is 13.0 Å².